The standard InChI is InChI=1S/C28H37FN4O2/c1-6-33-20(3)25(19(2)30-33)18-32-14-11-22(12-15-32)27(17-23-9-7-8-10-26(23)29)31(5)28(34)24-13-16-35-21(24)4/h7-10,13,16,22,27H,6,11-12,14-15,17-18H2,1-5H3/t27-/m0/s1. The molecule has 4 rings (SSSR count). The van der Waals surface area contributed by atoms with E-state index in [1.807, 2.05) is 24.1 Å². The SMILES string of the molecule is CCn1nc(C)c(CN2CCC([C@H](Cc3ccccc3F)N(C)C(=O)c3ccoc3C)CC2)c1C. The van der Waals surface area contributed by atoms with E-state index >= 15 is 0 Å². The lowest BCUT2D eigenvalue weighted by atomic mass is 9.84. The molecule has 7 heteroatoms. The quantitative estimate of drug-likeness (QED) is 0.447. The second-order valence-electron chi connectivity index (χ2n) is 9.75. The summed E-state index contributed by atoms with van der Waals surface area (Å²) >= 11 is 0. The molecule has 0 aliphatic carbocycles. The fourth-order valence-corrected chi connectivity index (χ4v) is 5.45. The third-order valence-electron chi connectivity index (χ3n) is 7.68. The van der Waals surface area contributed by atoms with E-state index < -0.39 is 0 Å². The summed E-state index contributed by atoms with van der Waals surface area (Å²) in [5.41, 5.74) is 4.88. The van der Waals surface area contributed by atoms with Crippen LogP contribution in [0.5, 0.6) is 0 Å². The fraction of sp³-hybridized carbons (Fsp3) is 0.500. The average Bonchev–Trinajstić information content (AvgIpc) is 3.41. The molecule has 1 fully saturated rings. The van der Waals surface area contributed by atoms with Crippen LogP contribution in [0.3, 0.4) is 0 Å². The summed E-state index contributed by atoms with van der Waals surface area (Å²) in [7, 11) is 1.85. The predicted molar refractivity (Wildman–Crippen MR) is 135 cm³/mol. The van der Waals surface area contributed by atoms with Crippen LogP contribution in [-0.4, -0.2) is 51.7 Å². The molecule has 0 bridgehead atoms. The zero-order chi connectivity index (χ0) is 25.1. The minimum absolute atomic E-state index is 0.0711. The first-order valence-electron chi connectivity index (χ1n) is 12.6. The van der Waals surface area contributed by atoms with Gasteiger partial charge in [-0.25, -0.2) is 4.39 Å². The Morgan fingerprint density at radius 2 is 1.91 bits per heavy atom. The molecule has 1 amide bonds. The maximum absolute atomic E-state index is 14.6. The van der Waals surface area contributed by atoms with Gasteiger partial charge in [0.25, 0.3) is 5.91 Å². The Morgan fingerprint density at radius 1 is 1.20 bits per heavy atom. The molecule has 0 spiro atoms. The molecule has 3 heterocycles. The number of likely N-dealkylation sites (N-methyl/N-ethyl adjacent to an activating group) is 1. The van der Waals surface area contributed by atoms with E-state index in [1.54, 1.807) is 25.3 Å². The van der Waals surface area contributed by atoms with Crippen LogP contribution in [0.1, 0.15) is 58.4 Å². The summed E-state index contributed by atoms with van der Waals surface area (Å²) in [6, 6.07) is 8.52. The highest BCUT2D eigenvalue weighted by Crippen LogP contribution is 2.29. The van der Waals surface area contributed by atoms with E-state index in [9.17, 15) is 9.18 Å². The minimum Gasteiger partial charge on any atom is -0.469 e. The van der Waals surface area contributed by atoms with Gasteiger partial charge < -0.3 is 9.32 Å². The first-order valence-corrected chi connectivity index (χ1v) is 12.6. The summed E-state index contributed by atoms with van der Waals surface area (Å²) in [4.78, 5) is 17.6. The first-order chi connectivity index (χ1) is 16.8. The molecule has 6 nitrogen and oxygen atoms in total. The number of amides is 1. The molecule has 0 unspecified atom stereocenters. The van der Waals surface area contributed by atoms with Crippen molar-refractivity contribution in [3.05, 3.63) is 76.3 Å². The topological polar surface area (TPSA) is 54.5 Å². The van der Waals surface area contributed by atoms with Gasteiger partial charge >= 0.3 is 0 Å². The normalized spacial score (nSPS) is 15.9. The molecule has 1 saturated heterocycles. The Balaban J connectivity index is 1.50. The number of furan rings is 1. The Kier molecular flexibility index (Phi) is 7.75. The van der Waals surface area contributed by atoms with Crippen molar-refractivity contribution >= 4 is 5.91 Å². The average molecular weight is 481 g/mol. The van der Waals surface area contributed by atoms with Gasteiger partial charge in [-0.2, -0.15) is 5.10 Å². The highest BCUT2D eigenvalue weighted by molar-refractivity contribution is 5.95. The van der Waals surface area contributed by atoms with Crippen LogP contribution in [0.25, 0.3) is 0 Å². The number of aryl methyl sites for hydroxylation is 3. The van der Waals surface area contributed by atoms with Crippen molar-refractivity contribution in [2.45, 2.75) is 66.1 Å². The maximum Gasteiger partial charge on any atom is 0.257 e. The lowest BCUT2D eigenvalue weighted by Gasteiger charge is -2.40. The zero-order valence-electron chi connectivity index (χ0n) is 21.6. The third-order valence-corrected chi connectivity index (χ3v) is 7.68. The van der Waals surface area contributed by atoms with E-state index in [2.05, 4.69) is 35.5 Å². The van der Waals surface area contributed by atoms with Crippen LogP contribution in [0, 0.1) is 32.5 Å². The number of nitrogens with zero attached hydrogens (tertiary/aromatic N) is 4. The zero-order valence-corrected chi connectivity index (χ0v) is 21.6. The van der Waals surface area contributed by atoms with Gasteiger partial charge in [-0.15, -0.1) is 0 Å². The molecule has 0 N–H and O–H groups in total. The van der Waals surface area contributed by atoms with E-state index in [4.69, 9.17) is 4.42 Å². The van der Waals surface area contributed by atoms with Crippen molar-refractivity contribution in [1.82, 2.24) is 19.6 Å². The summed E-state index contributed by atoms with van der Waals surface area (Å²) in [5, 5.41) is 4.67. The van der Waals surface area contributed by atoms with Crippen LogP contribution in [0.15, 0.2) is 41.0 Å². The molecular formula is C28H37FN4O2. The largest absolute Gasteiger partial charge is 0.469 e. The molecule has 1 aliphatic heterocycles. The van der Waals surface area contributed by atoms with Crippen LogP contribution in [0.4, 0.5) is 4.39 Å². The van der Waals surface area contributed by atoms with Gasteiger partial charge in [-0.3, -0.25) is 14.4 Å². The fourth-order valence-electron chi connectivity index (χ4n) is 5.45. The minimum atomic E-state index is -0.214. The summed E-state index contributed by atoms with van der Waals surface area (Å²) in [5.74, 6) is 0.611. The molecular weight excluding hydrogens is 443 g/mol. The van der Waals surface area contributed by atoms with Gasteiger partial charge in [-0.1, -0.05) is 18.2 Å². The number of hydrogen-bond donors (Lipinski definition) is 0. The van der Waals surface area contributed by atoms with Crippen LogP contribution in [-0.2, 0) is 19.5 Å². The van der Waals surface area contributed by atoms with Crippen LogP contribution >= 0.6 is 0 Å². The van der Waals surface area contributed by atoms with Gasteiger partial charge in [0.2, 0.25) is 0 Å². The summed E-state index contributed by atoms with van der Waals surface area (Å²) in [6.45, 7) is 11.8. The van der Waals surface area contributed by atoms with Gasteiger partial charge in [0.15, 0.2) is 0 Å². The van der Waals surface area contributed by atoms with Gasteiger partial charge in [-0.05, 0) is 83.7 Å². The van der Waals surface area contributed by atoms with Crippen molar-refractivity contribution < 1.29 is 13.6 Å². The number of aromatic nitrogens is 2. The van der Waals surface area contributed by atoms with Gasteiger partial charge in [0.05, 0.1) is 17.5 Å². The number of piperidine rings is 1. The number of halogens is 1. The van der Waals surface area contributed by atoms with Crippen molar-refractivity contribution in [2.75, 3.05) is 20.1 Å². The molecule has 3 aromatic rings. The highest BCUT2D eigenvalue weighted by Gasteiger charge is 2.33. The number of rotatable bonds is 8. The predicted octanol–water partition coefficient (Wildman–Crippen LogP) is 5.16. The second kappa shape index (κ2) is 10.8. The molecule has 2 aromatic heterocycles. The molecule has 1 aromatic carbocycles. The Hall–Kier alpha value is -2.93. The Labute approximate surface area is 207 Å². The summed E-state index contributed by atoms with van der Waals surface area (Å²) < 4.78 is 22.0. The summed E-state index contributed by atoms with van der Waals surface area (Å²) in [6.07, 6.45) is 3.96. The number of carbonyl (C=O) groups is 1. The number of carbonyl (C=O) groups excluding carboxylic acids is 1. The maximum atomic E-state index is 14.6. The molecule has 1 atom stereocenters. The van der Waals surface area contributed by atoms with Crippen molar-refractivity contribution in [1.29, 1.82) is 0 Å². The molecule has 188 valence electrons. The smallest absolute Gasteiger partial charge is 0.257 e. The van der Waals surface area contributed by atoms with Crippen LogP contribution < -0.4 is 0 Å². The molecule has 0 radical (unpaired) electrons. The van der Waals surface area contributed by atoms with Gasteiger partial charge in [0.1, 0.15) is 11.6 Å². The van der Waals surface area contributed by atoms with E-state index in [-0.39, 0.29) is 23.7 Å². The molecule has 1 aliphatic rings. The lowest BCUT2D eigenvalue weighted by Crippen LogP contribution is -2.47. The van der Waals surface area contributed by atoms with Crippen molar-refractivity contribution in [3.63, 3.8) is 0 Å². The van der Waals surface area contributed by atoms with Crippen LogP contribution in [0.2, 0.25) is 0 Å². The number of likely N-dealkylation sites (tertiary alicyclic amines) is 1. The Bertz CT molecular complexity index is 1160. The molecule has 0 saturated carbocycles. The highest BCUT2D eigenvalue weighted by atomic mass is 19.1. The van der Waals surface area contributed by atoms with E-state index in [0.717, 1.165) is 44.7 Å². The van der Waals surface area contributed by atoms with E-state index in [1.165, 1.54) is 17.3 Å². The lowest BCUT2D eigenvalue weighted by molar-refractivity contribution is 0.0581. The molecule has 35 heavy (non-hydrogen) atoms. The second-order valence-corrected chi connectivity index (χ2v) is 9.75. The number of benzene rings is 1. The van der Waals surface area contributed by atoms with Crippen molar-refractivity contribution in [3.8, 4) is 0 Å². The third kappa shape index (κ3) is 5.35. The van der Waals surface area contributed by atoms with Crippen molar-refractivity contribution in [2.24, 2.45) is 5.92 Å². The number of hydrogen-bond acceptors (Lipinski definition) is 4. The van der Waals surface area contributed by atoms with E-state index in [0.29, 0.717) is 23.3 Å². The first kappa shape index (κ1) is 25.2. The van der Waals surface area contributed by atoms with Gasteiger partial charge in [0, 0.05) is 37.4 Å². The Morgan fingerprint density at radius 3 is 2.51 bits per heavy atom. The monoisotopic (exact) mass is 480 g/mol.